The van der Waals surface area contributed by atoms with Gasteiger partial charge in [-0.1, -0.05) is 0 Å². The van der Waals surface area contributed by atoms with Crippen LogP contribution >= 0.6 is 0 Å². The summed E-state index contributed by atoms with van der Waals surface area (Å²) in [5.74, 6) is 0. The molecule has 3 heteroatoms. The summed E-state index contributed by atoms with van der Waals surface area (Å²) >= 11 is 0. The zero-order valence-electron chi connectivity index (χ0n) is 6.66. The Balaban J connectivity index is 2.96. The molecule has 0 radical (unpaired) electrons. The average Bonchev–Trinajstić information content (AvgIpc) is 2.04. The molecule has 0 spiro atoms. The summed E-state index contributed by atoms with van der Waals surface area (Å²) in [6, 6.07) is 5.12. The first-order valence-electron chi connectivity index (χ1n) is 3.72. The SMILES string of the molecule is Cc1ccc2c(=O)cc[nH]c2n1. The van der Waals surface area contributed by atoms with E-state index in [2.05, 4.69) is 9.97 Å². The lowest BCUT2D eigenvalue weighted by Gasteiger charge is -1.95. The van der Waals surface area contributed by atoms with Crippen molar-refractivity contribution in [1.82, 2.24) is 9.97 Å². The van der Waals surface area contributed by atoms with Crippen LogP contribution in [0.15, 0.2) is 29.2 Å². The normalized spacial score (nSPS) is 10.4. The second kappa shape index (κ2) is 2.44. The van der Waals surface area contributed by atoms with E-state index in [1.807, 2.05) is 13.0 Å². The number of aryl methyl sites for hydroxylation is 1. The fourth-order valence-corrected chi connectivity index (χ4v) is 1.15. The maximum absolute atomic E-state index is 11.2. The third kappa shape index (κ3) is 0.993. The number of nitrogens with zero attached hydrogens (tertiary/aromatic N) is 1. The van der Waals surface area contributed by atoms with Gasteiger partial charge in [-0.05, 0) is 19.1 Å². The van der Waals surface area contributed by atoms with Crippen molar-refractivity contribution in [1.29, 1.82) is 0 Å². The number of pyridine rings is 2. The van der Waals surface area contributed by atoms with Gasteiger partial charge >= 0.3 is 0 Å². The summed E-state index contributed by atoms with van der Waals surface area (Å²) in [5, 5.41) is 0.642. The number of hydrogen-bond donors (Lipinski definition) is 1. The van der Waals surface area contributed by atoms with Crippen LogP contribution < -0.4 is 5.43 Å². The summed E-state index contributed by atoms with van der Waals surface area (Å²) in [6.45, 7) is 1.89. The molecule has 2 aromatic rings. The summed E-state index contributed by atoms with van der Waals surface area (Å²) < 4.78 is 0. The van der Waals surface area contributed by atoms with E-state index >= 15 is 0 Å². The molecule has 2 heterocycles. The predicted molar refractivity (Wildman–Crippen MR) is 47.1 cm³/mol. The van der Waals surface area contributed by atoms with Crippen molar-refractivity contribution >= 4 is 11.0 Å². The van der Waals surface area contributed by atoms with E-state index in [1.54, 1.807) is 12.3 Å². The Bertz CT molecular complexity index is 473. The van der Waals surface area contributed by atoms with E-state index in [1.165, 1.54) is 6.07 Å². The highest BCUT2D eigenvalue weighted by Gasteiger charge is 1.97. The number of aromatic amines is 1. The van der Waals surface area contributed by atoms with Gasteiger partial charge in [-0.3, -0.25) is 4.79 Å². The van der Waals surface area contributed by atoms with Gasteiger partial charge in [0.05, 0.1) is 5.39 Å². The monoisotopic (exact) mass is 160 g/mol. The van der Waals surface area contributed by atoms with Crippen molar-refractivity contribution in [2.24, 2.45) is 0 Å². The number of H-pyrrole nitrogens is 1. The zero-order valence-corrected chi connectivity index (χ0v) is 6.66. The average molecular weight is 160 g/mol. The van der Waals surface area contributed by atoms with Crippen molar-refractivity contribution in [3.63, 3.8) is 0 Å². The van der Waals surface area contributed by atoms with Crippen LogP contribution in [0, 0.1) is 6.92 Å². The molecule has 0 bridgehead atoms. The third-order valence-corrected chi connectivity index (χ3v) is 1.75. The number of aromatic nitrogens is 2. The highest BCUT2D eigenvalue weighted by atomic mass is 16.1. The maximum Gasteiger partial charge on any atom is 0.191 e. The minimum Gasteiger partial charge on any atom is -0.346 e. The maximum atomic E-state index is 11.2. The molecule has 0 saturated heterocycles. The summed E-state index contributed by atoms with van der Waals surface area (Å²) in [7, 11) is 0. The lowest BCUT2D eigenvalue weighted by atomic mass is 10.2. The van der Waals surface area contributed by atoms with Gasteiger partial charge in [0.1, 0.15) is 5.65 Å². The molecule has 0 aromatic carbocycles. The van der Waals surface area contributed by atoms with Gasteiger partial charge in [0, 0.05) is 18.0 Å². The van der Waals surface area contributed by atoms with Crippen molar-refractivity contribution < 1.29 is 0 Å². The van der Waals surface area contributed by atoms with Gasteiger partial charge < -0.3 is 4.98 Å². The second-order valence-electron chi connectivity index (χ2n) is 2.69. The molecule has 0 fully saturated rings. The molecular weight excluding hydrogens is 152 g/mol. The van der Waals surface area contributed by atoms with Crippen LogP contribution in [0.2, 0.25) is 0 Å². The molecule has 2 aromatic heterocycles. The van der Waals surface area contributed by atoms with Gasteiger partial charge in [-0.25, -0.2) is 4.98 Å². The molecule has 0 atom stereocenters. The largest absolute Gasteiger partial charge is 0.346 e. The quantitative estimate of drug-likeness (QED) is 0.630. The molecule has 1 N–H and O–H groups in total. The molecule has 0 aliphatic rings. The van der Waals surface area contributed by atoms with Gasteiger partial charge in [0.25, 0.3) is 0 Å². The standard InChI is InChI=1S/C9H8N2O/c1-6-2-3-7-8(12)4-5-10-9(7)11-6/h2-5H,1H3,(H,10,11,12). The molecule has 0 aliphatic carbocycles. The van der Waals surface area contributed by atoms with Crippen LogP contribution in [-0.2, 0) is 0 Å². The van der Waals surface area contributed by atoms with Crippen molar-refractivity contribution in [3.05, 3.63) is 40.3 Å². The van der Waals surface area contributed by atoms with E-state index in [0.29, 0.717) is 11.0 Å². The van der Waals surface area contributed by atoms with Crippen LogP contribution in [0.4, 0.5) is 0 Å². The summed E-state index contributed by atoms with van der Waals surface area (Å²) in [4.78, 5) is 18.3. The third-order valence-electron chi connectivity index (χ3n) is 1.75. The van der Waals surface area contributed by atoms with Gasteiger partial charge in [0.15, 0.2) is 5.43 Å². The molecule has 2 rings (SSSR count). The fourth-order valence-electron chi connectivity index (χ4n) is 1.15. The summed E-state index contributed by atoms with van der Waals surface area (Å²) in [5.41, 5.74) is 1.57. The lowest BCUT2D eigenvalue weighted by Crippen LogP contribution is -2.01. The Kier molecular flexibility index (Phi) is 1.43. The van der Waals surface area contributed by atoms with Crippen molar-refractivity contribution in [2.45, 2.75) is 6.92 Å². The van der Waals surface area contributed by atoms with Gasteiger partial charge in [0.2, 0.25) is 0 Å². The lowest BCUT2D eigenvalue weighted by molar-refractivity contribution is 1.20. The molecule has 0 saturated carbocycles. The van der Waals surface area contributed by atoms with Crippen LogP contribution in [0.1, 0.15) is 5.69 Å². The smallest absolute Gasteiger partial charge is 0.191 e. The number of hydrogen-bond acceptors (Lipinski definition) is 2. The van der Waals surface area contributed by atoms with Crippen LogP contribution in [0.3, 0.4) is 0 Å². The van der Waals surface area contributed by atoms with Crippen molar-refractivity contribution in [3.8, 4) is 0 Å². The van der Waals surface area contributed by atoms with Crippen LogP contribution in [0.5, 0.6) is 0 Å². The van der Waals surface area contributed by atoms with Gasteiger partial charge in [-0.2, -0.15) is 0 Å². The zero-order chi connectivity index (χ0) is 8.55. The first-order chi connectivity index (χ1) is 5.77. The van der Waals surface area contributed by atoms with Gasteiger partial charge in [-0.15, -0.1) is 0 Å². The molecule has 0 unspecified atom stereocenters. The Morgan fingerprint density at radius 3 is 3.00 bits per heavy atom. The first-order valence-corrected chi connectivity index (χ1v) is 3.72. The first kappa shape index (κ1) is 7.03. The Morgan fingerprint density at radius 1 is 1.33 bits per heavy atom. The minimum absolute atomic E-state index is 0.0104. The second-order valence-corrected chi connectivity index (χ2v) is 2.69. The number of nitrogens with one attached hydrogen (secondary N) is 1. The molecular formula is C9H8N2O. The number of fused-ring (bicyclic) bond motifs is 1. The fraction of sp³-hybridized carbons (Fsp3) is 0.111. The number of rotatable bonds is 0. The van der Waals surface area contributed by atoms with Crippen LogP contribution in [0.25, 0.3) is 11.0 Å². The molecule has 12 heavy (non-hydrogen) atoms. The minimum atomic E-state index is 0.0104. The Hall–Kier alpha value is -1.64. The predicted octanol–water partition coefficient (Wildman–Crippen LogP) is 1.23. The molecule has 0 amide bonds. The van der Waals surface area contributed by atoms with E-state index < -0.39 is 0 Å². The summed E-state index contributed by atoms with van der Waals surface area (Å²) in [6.07, 6.45) is 1.61. The highest BCUT2D eigenvalue weighted by Crippen LogP contribution is 2.03. The Labute approximate surface area is 69.1 Å². The molecule has 3 nitrogen and oxygen atoms in total. The topological polar surface area (TPSA) is 45.8 Å². The Morgan fingerprint density at radius 2 is 2.17 bits per heavy atom. The van der Waals surface area contributed by atoms with Crippen LogP contribution in [-0.4, -0.2) is 9.97 Å². The van der Waals surface area contributed by atoms with E-state index in [-0.39, 0.29) is 5.43 Å². The molecule has 60 valence electrons. The highest BCUT2D eigenvalue weighted by molar-refractivity contribution is 5.73. The molecule has 0 aliphatic heterocycles. The van der Waals surface area contributed by atoms with Crippen molar-refractivity contribution in [2.75, 3.05) is 0 Å². The van der Waals surface area contributed by atoms with E-state index in [9.17, 15) is 4.79 Å². The van der Waals surface area contributed by atoms with E-state index in [4.69, 9.17) is 0 Å². The van der Waals surface area contributed by atoms with E-state index in [0.717, 1.165) is 5.69 Å².